The van der Waals surface area contributed by atoms with Crippen molar-refractivity contribution in [3.8, 4) is 22.6 Å². The fourth-order valence-electron chi connectivity index (χ4n) is 5.75. The highest BCUT2D eigenvalue weighted by atomic mass is 32.2. The molecule has 1 N–H and O–H groups in total. The van der Waals surface area contributed by atoms with Crippen molar-refractivity contribution in [2.75, 3.05) is 24.7 Å². The van der Waals surface area contributed by atoms with E-state index in [2.05, 4.69) is 5.32 Å². The molecule has 0 saturated heterocycles. The minimum Gasteiger partial charge on any atom is -0.455 e. The lowest BCUT2D eigenvalue weighted by Gasteiger charge is -2.20. The summed E-state index contributed by atoms with van der Waals surface area (Å²) >= 11 is 0. The standard InChI is InChI=1S/C33H25F2N5O4S.C2H6/c1-17-37-25-13-12-24(38-31(25)28-15-20-23(35)6-5-7-26(20)40(17)28)21-14-22-29(16-27(21)39(3)45(4,42)43)44-32(30(22)33(41)36-2)18-8-10-19(34)11-9-18;1-2/h5-16H,1-4H3,(H,36,41);1-2H3. The molecular formula is C35H31F2N5O4S. The first-order valence-electron chi connectivity index (χ1n) is 14.9. The molecule has 7 rings (SSSR count). The van der Waals surface area contributed by atoms with Crippen LogP contribution in [-0.4, -0.2) is 49.0 Å². The van der Waals surface area contributed by atoms with Crippen LogP contribution in [0, 0.1) is 18.6 Å². The molecule has 3 aromatic carbocycles. The zero-order chi connectivity index (χ0) is 33.8. The zero-order valence-corrected chi connectivity index (χ0v) is 27.3. The number of hydrogen-bond acceptors (Lipinski definition) is 6. The molecule has 0 bridgehead atoms. The van der Waals surface area contributed by atoms with E-state index in [1.807, 2.05) is 25.2 Å². The maximum Gasteiger partial charge on any atom is 0.255 e. The molecule has 0 aliphatic heterocycles. The van der Waals surface area contributed by atoms with Crippen LogP contribution in [-0.2, 0) is 10.0 Å². The van der Waals surface area contributed by atoms with Crippen molar-refractivity contribution in [1.29, 1.82) is 0 Å². The predicted octanol–water partition coefficient (Wildman–Crippen LogP) is 7.48. The van der Waals surface area contributed by atoms with Crippen molar-refractivity contribution in [2.45, 2.75) is 20.8 Å². The highest BCUT2D eigenvalue weighted by molar-refractivity contribution is 7.92. The number of aryl methyl sites for hydroxylation is 1. The Morgan fingerprint density at radius 1 is 0.936 bits per heavy atom. The van der Waals surface area contributed by atoms with Crippen LogP contribution in [0.3, 0.4) is 0 Å². The van der Waals surface area contributed by atoms with Crippen molar-refractivity contribution in [1.82, 2.24) is 19.7 Å². The molecule has 0 atom stereocenters. The SMILES string of the molecule is CC.CNC(=O)c1c(-c2ccc(F)cc2)oc2cc(N(C)S(C)(=O)=O)c(-c3ccc4nc(C)n5c6cccc(F)c6cc5c4n3)cc12. The average Bonchev–Trinajstić information content (AvgIpc) is 3.64. The fraction of sp³-hybridized carbons (Fsp3) is 0.171. The van der Waals surface area contributed by atoms with E-state index < -0.39 is 21.7 Å². The number of fused-ring (bicyclic) bond motifs is 6. The summed E-state index contributed by atoms with van der Waals surface area (Å²) in [5.74, 6) is -0.424. The van der Waals surface area contributed by atoms with Crippen molar-refractivity contribution >= 4 is 60.0 Å². The van der Waals surface area contributed by atoms with E-state index in [1.165, 1.54) is 44.4 Å². The maximum absolute atomic E-state index is 14.8. The Morgan fingerprint density at radius 3 is 2.34 bits per heavy atom. The van der Waals surface area contributed by atoms with Gasteiger partial charge in [0.25, 0.3) is 5.91 Å². The molecular weight excluding hydrogens is 624 g/mol. The number of benzene rings is 3. The van der Waals surface area contributed by atoms with Gasteiger partial charge in [-0.1, -0.05) is 19.9 Å². The van der Waals surface area contributed by atoms with Gasteiger partial charge < -0.3 is 9.73 Å². The van der Waals surface area contributed by atoms with E-state index in [9.17, 15) is 22.0 Å². The number of rotatable bonds is 5. The second-order valence-corrected chi connectivity index (χ2v) is 12.8. The van der Waals surface area contributed by atoms with Crippen molar-refractivity contribution in [2.24, 2.45) is 0 Å². The lowest BCUT2D eigenvalue weighted by atomic mass is 10.0. The normalized spacial score (nSPS) is 11.7. The number of carbonyl (C=O) groups excluding carboxylic acids is 1. The molecule has 0 unspecified atom stereocenters. The lowest BCUT2D eigenvalue weighted by molar-refractivity contribution is 0.0964. The predicted molar refractivity (Wildman–Crippen MR) is 181 cm³/mol. The third kappa shape index (κ3) is 5.24. The summed E-state index contributed by atoms with van der Waals surface area (Å²) in [4.78, 5) is 22.9. The Hall–Kier alpha value is -5.36. The second-order valence-electron chi connectivity index (χ2n) is 10.7. The highest BCUT2D eigenvalue weighted by Gasteiger charge is 2.26. The summed E-state index contributed by atoms with van der Waals surface area (Å²) in [5.41, 5.74) is 4.27. The van der Waals surface area contributed by atoms with E-state index >= 15 is 0 Å². The number of pyridine rings is 1. The minimum absolute atomic E-state index is 0.197. The lowest BCUT2D eigenvalue weighted by Crippen LogP contribution is -2.25. The summed E-state index contributed by atoms with van der Waals surface area (Å²) < 4.78 is 63.3. The van der Waals surface area contributed by atoms with Gasteiger partial charge in [-0.15, -0.1) is 0 Å². The molecule has 1 amide bonds. The van der Waals surface area contributed by atoms with Crippen LogP contribution in [0.2, 0.25) is 0 Å². The second kappa shape index (κ2) is 11.8. The molecule has 0 saturated carbocycles. The molecule has 7 aromatic rings. The van der Waals surface area contributed by atoms with Gasteiger partial charge in [-0.05, 0) is 67.6 Å². The Bertz CT molecular complexity index is 2470. The van der Waals surface area contributed by atoms with Crippen LogP contribution in [0.4, 0.5) is 14.5 Å². The molecule has 0 aliphatic rings. The van der Waals surface area contributed by atoms with Gasteiger partial charge in [0.2, 0.25) is 10.0 Å². The monoisotopic (exact) mass is 655 g/mol. The third-order valence-corrected chi connectivity index (χ3v) is 9.19. The van der Waals surface area contributed by atoms with E-state index in [4.69, 9.17) is 14.4 Å². The number of nitrogens with zero attached hydrogens (tertiary/aromatic N) is 4. The summed E-state index contributed by atoms with van der Waals surface area (Å²) in [7, 11) is -0.860. The Morgan fingerprint density at radius 2 is 1.66 bits per heavy atom. The third-order valence-electron chi connectivity index (χ3n) is 7.99. The number of sulfonamides is 1. The largest absolute Gasteiger partial charge is 0.455 e. The summed E-state index contributed by atoms with van der Waals surface area (Å²) in [6, 6.07) is 18.8. The number of nitrogens with one attached hydrogen (secondary N) is 1. The number of carbonyl (C=O) groups is 1. The number of hydrogen-bond donors (Lipinski definition) is 1. The van der Waals surface area contributed by atoms with Gasteiger partial charge in [0.1, 0.15) is 34.3 Å². The van der Waals surface area contributed by atoms with Crippen molar-refractivity contribution in [3.63, 3.8) is 0 Å². The molecule has 0 fully saturated rings. The summed E-state index contributed by atoms with van der Waals surface area (Å²) in [5, 5.41) is 3.45. The Labute approximate surface area is 269 Å². The van der Waals surface area contributed by atoms with Crippen molar-refractivity contribution < 1.29 is 26.4 Å². The van der Waals surface area contributed by atoms with Gasteiger partial charge in [-0.3, -0.25) is 13.5 Å². The first-order valence-corrected chi connectivity index (χ1v) is 16.7. The van der Waals surface area contributed by atoms with E-state index in [-0.39, 0.29) is 28.4 Å². The number of anilines is 1. The molecule has 0 aliphatic carbocycles. The Kier molecular flexibility index (Phi) is 7.92. The molecule has 4 aromatic heterocycles. The number of amides is 1. The fourth-order valence-corrected chi connectivity index (χ4v) is 6.26. The number of aromatic nitrogens is 3. The highest BCUT2D eigenvalue weighted by Crippen LogP contribution is 2.41. The summed E-state index contributed by atoms with van der Waals surface area (Å²) in [6.07, 6.45) is 1.08. The van der Waals surface area contributed by atoms with Gasteiger partial charge >= 0.3 is 0 Å². The molecule has 9 nitrogen and oxygen atoms in total. The molecule has 4 heterocycles. The topological polar surface area (TPSA) is 110 Å². The molecule has 12 heteroatoms. The summed E-state index contributed by atoms with van der Waals surface area (Å²) in [6.45, 7) is 5.83. The van der Waals surface area contributed by atoms with Gasteiger partial charge in [-0.2, -0.15) is 0 Å². The van der Waals surface area contributed by atoms with Crippen LogP contribution in [0.5, 0.6) is 0 Å². The molecule has 240 valence electrons. The molecule has 0 spiro atoms. The minimum atomic E-state index is -3.76. The molecule has 47 heavy (non-hydrogen) atoms. The van der Waals surface area contributed by atoms with Crippen LogP contribution in [0.25, 0.3) is 61.0 Å². The quantitative estimate of drug-likeness (QED) is 0.206. The number of halogens is 2. The van der Waals surface area contributed by atoms with Gasteiger partial charge in [0.05, 0.1) is 39.8 Å². The van der Waals surface area contributed by atoms with Gasteiger partial charge in [-0.25, -0.2) is 27.2 Å². The van der Waals surface area contributed by atoms with E-state index in [1.54, 1.807) is 42.5 Å². The van der Waals surface area contributed by atoms with Gasteiger partial charge in [0.15, 0.2) is 0 Å². The zero-order valence-electron chi connectivity index (χ0n) is 26.5. The van der Waals surface area contributed by atoms with Crippen LogP contribution in [0.15, 0.2) is 77.2 Å². The molecule has 0 radical (unpaired) electrons. The number of furan rings is 1. The van der Waals surface area contributed by atoms with E-state index in [0.717, 1.165) is 10.6 Å². The van der Waals surface area contributed by atoms with Crippen LogP contribution < -0.4 is 9.62 Å². The first-order chi connectivity index (χ1) is 22.5. The van der Waals surface area contributed by atoms with E-state index in [0.29, 0.717) is 55.5 Å². The van der Waals surface area contributed by atoms with Gasteiger partial charge in [0, 0.05) is 42.1 Å². The Balaban J connectivity index is 0.00000190. The average molecular weight is 656 g/mol. The van der Waals surface area contributed by atoms with Crippen LogP contribution >= 0.6 is 0 Å². The smallest absolute Gasteiger partial charge is 0.255 e. The van der Waals surface area contributed by atoms with Crippen LogP contribution in [0.1, 0.15) is 30.0 Å². The maximum atomic E-state index is 14.8. The van der Waals surface area contributed by atoms with Crippen molar-refractivity contribution in [3.05, 3.63) is 95.8 Å². The first kappa shape index (κ1) is 31.6.